The Morgan fingerprint density at radius 3 is 2.10 bits per heavy atom. The lowest BCUT2D eigenvalue weighted by Gasteiger charge is -2.05. The van der Waals surface area contributed by atoms with E-state index in [1.807, 2.05) is 0 Å². The fourth-order valence-electron chi connectivity index (χ4n) is 0.140. The van der Waals surface area contributed by atoms with Gasteiger partial charge in [-0.05, 0) is 0 Å². The summed E-state index contributed by atoms with van der Waals surface area (Å²) in [5.74, 6) is 0. The molecule has 0 aromatic heterocycles. The second-order valence-corrected chi connectivity index (χ2v) is 1.86. The molecule has 0 fully saturated rings. The molecule has 0 aromatic carbocycles. The predicted octanol–water partition coefficient (Wildman–Crippen LogP) is 0.708. The van der Waals surface area contributed by atoms with Crippen LogP contribution >= 0.6 is 8.60 Å². The maximum atomic E-state index is 11.1. The third-order valence-electron chi connectivity index (χ3n) is 0.342. The smallest absolute Gasteiger partial charge is 0.327 e. The number of rotatable bonds is 3. The van der Waals surface area contributed by atoms with Crippen LogP contribution in [-0.2, 0) is 9.56 Å². The van der Waals surface area contributed by atoms with E-state index >= 15 is 0 Å². The molecule has 0 saturated heterocycles. The van der Waals surface area contributed by atoms with Gasteiger partial charge in [0, 0.05) is 0 Å². The van der Waals surface area contributed by atoms with Crippen molar-refractivity contribution in [2.45, 2.75) is 6.18 Å². The van der Waals surface area contributed by atoms with Crippen LogP contribution < -0.4 is 0 Å². The van der Waals surface area contributed by atoms with Crippen molar-refractivity contribution in [2.75, 3.05) is 6.61 Å². The van der Waals surface area contributed by atoms with E-state index in [1.54, 1.807) is 0 Å². The molecule has 0 radical (unpaired) electrons. The van der Waals surface area contributed by atoms with Gasteiger partial charge in [0.2, 0.25) is 0 Å². The first-order valence-corrected chi connectivity index (χ1v) is 3.12. The summed E-state index contributed by atoms with van der Waals surface area (Å²) in [4.78, 5) is 19.1. The largest absolute Gasteiger partial charge is 0.414 e. The van der Waals surface area contributed by atoms with E-state index in [0.717, 1.165) is 0 Å². The Balaban J connectivity index is 3.21. The number of hydrogen-bond acceptors (Lipinski definition) is 4. The quantitative estimate of drug-likeness (QED) is 0.381. The van der Waals surface area contributed by atoms with Crippen LogP contribution in [0.4, 0.5) is 13.2 Å². The maximum Gasteiger partial charge on any atom is 0.414 e. The van der Waals surface area contributed by atoms with Gasteiger partial charge in [-0.15, -0.1) is 0 Å². The molecule has 62 valence electrons. The normalized spacial score (nSPS) is 12.6. The second kappa shape index (κ2) is 4.05. The molecule has 4 nitrogen and oxygen atoms in total. The molecule has 0 aliphatic carbocycles. The van der Waals surface area contributed by atoms with Gasteiger partial charge in [-0.2, -0.15) is 17.8 Å². The van der Waals surface area contributed by atoms with Crippen molar-refractivity contribution in [1.29, 1.82) is 0 Å². The van der Waals surface area contributed by atoms with E-state index < -0.39 is 21.4 Å². The molecule has 10 heavy (non-hydrogen) atoms. The van der Waals surface area contributed by atoms with Crippen molar-refractivity contribution in [3.05, 3.63) is 0 Å². The number of alkyl halides is 3. The van der Waals surface area contributed by atoms with Crippen LogP contribution in [-0.4, -0.2) is 22.6 Å². The van der Waals surface area contributed by atoms with Crippen molar-refractivity contribution in [1.82, 2.24) is 0 Å². The van der Waals surface area contributed by atoms with Crippen LogP contribution in [0.3, 0.4) is 0 Å². The molecule has 8 heteroatoms. The summed E-state index contributed by atoms with van der Waals surface area (Å²) in [5.41, 5.74) is 0. The van der Waals surface area contributed by atoms with Gasteiger partial charge in [0.15, 0.2) is 6.61 Å². The molecule has 0 spiro atoms. The molecule has 0 amide bonds. The third-order valence-corrected chi connectivity index (χ3v) is 0.581. The number of halogens is 3. The van der Waals surface area contributed by atoms with Gasteiger partial charge >= 0.3 is 14.8 Å². The highest BCUT2D eigenvalue weighted by Gasteiger charge is 2.28. The first-order chi connectivity index (χ1) is 4.42. The molecule has 0 unspecified atom stereocenters. The highest BCUT2D eigenvalue weighted by molar-refractivity contribution is 7.39. The maximum absolute atomic E-state index is 11.1. The molecule has 0 saturated carbocycles. The van der Waals surface area contributed by atoms with Gasteiger partial charge in [0.1, 0.15) is 0 Å². The van der Waals surface area contributed by atoms with Crippen LogP contribution in [0.25, 0.3) is 0 Å². The first-order valence-electron chi connectivity index (χ1n) is 1.96. The SMILES string of the molecule is OP(O)OOCC(F)(F)F. The zero-order chi connectivity index (χ0) is 8.20. The summed E-state index contributed by atoms with van der Waals surface area (Å²) in [6, 6.07) is 0. The Morgan fingerprint density at radius 1 is 1.30 bits per heavy atom. The molecule has 0 aromatic rings. The first kappa shape index (κ1) is 10.1. The van der Waals surface area contributed by atoms with E-state index in [2.05, 4.69) is 9.56 Å². The third kappa shape index (κ3) is 8.06. The van der Waals surface area contributed by atoms with E-state index in [1.165, 1.54) is 0 Å². The summed E-state index contributed by atoms with van der Waals surface area (Å²) in [5, 5.41) is 0. The molecule has 0 rings (SSSR count). The fourth-order valence-corrected chi connectivity index (χ4v) is 0.287. The number of hydrogen-bond donors (Lipinski definition) is 2. The van der Waals surface area contributed by atoms with Crippen molar-refractivity contribution in [2.24, 2.45) is 0 Å². The minimum absolute atomic E-state index is 1.66. The van der Waals surface area contributed by atoms with Gasteiger partial charge in [0.05, 0.1) is 0 Å². The zero-order valence-electron chi connectivity index (χ0n) is 4.50. The van der Waals surface area contributed by atoms with Gasteiger partial charge in [0.25, 0.3) is 0 Å². The zero-order valence-corrected chi connectivity index (χ0v) is 5.39. The Kier molecular flexibility index (Phi) is 4.07. The van der Waals surface area contributed by atoms with Crippen LogP contribution in [0.15, 0.2) is 0 Å². The summed E-state index contributed by atoms with van der Waals surface area (Å²) >= 11 is 0. The average Bonchev–Trinajstić information content (AvgIpc) is 1.59. The molecule has 0 heterocycles. The molecule has 0 atom stereocenters. The lowest BCUT2D eigenvalue weighted by molar-refractivity contribution is -0.286. The summed E-state index contributed by atoms with van der Waals surface area (Å²) in [7, 11) is -2.88. The molecule has 0 bridgehead atoms. The van der Waals surface area contributed by atoms with Gasteiger partial charge in [-0.25, -0.2) is 4.89 Å². The molecular formula is C2H4F3O4P. The lowest BCUT2D eigenvalue weighted by atomic mass is 10.7. The lowest BCUT2D eigenvalue weighted by Crippen LogP contribution is -2.16. The van der Waals surface area contributed by atoms with Crippen LogP contribution in [0.1, 0.15) is 0 Å². The Bertz CT molecular complexity index is 93.0. The predicted molar refractivity (Wildman–Crippen MR) is 24.4 cm³/mol. The molecular weight excluding hydrogens is 176 g/mol. The Hall–Kier alpha value is 0.0600. The summed E-state index contributed by atoms with van der Waals surface area (Å²) in [6.45, 7) is -1.66. The van der Waals surface area contributed by atoms with Crippen LogP contribution in [0.2, 0.25) is 0 Å². The summed E-state index contributed by atoms with van der Waals surface area (Å²) < 4.78 is 36.8. The topological polar surface area (TPSA) is 58.9 Å². The molecule has 0 aliphatic heterocycles. The van der Waals surface area contributed by atoms with Crippen LogP contribution in [0, 0.1) is 0 Å². The monoisotopic (exact) mass is 180 g/mol. The van der Waals surface area contributed by atoms with Crippen molar-refractivity contribution < 1.29 is 32.5 Å². The van der Waals surface area contributed by atoms with Crippen LogP contribution in [0.5, 0.6) is 0 Å². The van der Waals surface area contributed by atoms with Gasteiger partial charge in [-0.3, -0.25) is 0 Å². The second-order valence-electron chi connectivity index (χ2n) is 1.20. The van der Waals surface area contributed by atoms with E-state index in [4.69, 9.17) is 9.79 Å². The van der Waals surface area contributed by atoms with Gasteiger partial charge in [-0.1, -0.05) is 0 Å². The van der Waals surface area contributed by atoms with E-state index in [-0.39, 0.29) is 0 Å². The van der Waals surface area contributed by atoms with Gasteiger partial charge < -0.3 is 9.79 Å². The fraction of sp³-hybridized carbons (Fsp3) is 1.00. The highest BCUT2D eigenvalue weighted by Crippen LogP contribution is 2.26. The highest BCUT2D eigenvalue weighted by atomic mass is 31.2. The van der Waals surface area contributed by atoms with E-state index in [0.29, 0.717) is 0 Å². The average molecular weight is 180 g/mol. The van der Waals surface area contributed by atoms with Crippen molar-refractivity contribution >= 4 is 8.60 Å². The van der Waals surface area contributed by atoms with E-state index in [9.17, 15) is 13.2 Å². The summed E-state index contributed by atoms with van der Waals surface area (Å²) in [6.07, 6.45) is -4.52. The minimum Gasteiger partial charge on any atom is -0.327 e. The molecule has 2 N–H and O–H groups in total. The minimum atomic E-state index is -4.52. The Labute approximate surface area is 55.1 Å². The van der Waals surface area contributed by atoms with Crippen molar-refractivity contribution in [3.63, 3.8) is 0 Å². The Morgan fingerprint density at radius 2 is 1.80 bits per heavy atom. The molecule has 0 aliphatic rings. The standard InChI is InChI=1S/C2H4F3O4P/c3-2(4,5)1-8-9-10(6)7/h6-7H,1H2. The van der Waals surface area contributed by atoms with Crippen molar-refractivity contribution in [3.8, 4) is 0 Å².